The molecule has 0 bridgehead atoms. The summed E-state index contributed by atoms with van der Waals surface area (Å²) in [5.41, 5.74) is 14.1. The van der Waals surface area contributed by atoms with E-state index in [0.717, 1.165) is 55.3 Å². The molecule has 7 aromatic carbocycles. The maximum Gasteiger partial charge on any atom is 0.164 e. The summed E-state index contributed by atoms with van der Waals surface area (Å²) in [5, 5.41) is 2.16. The number of furan rings is 1. The Morgan fingerprint density at radius 1 is 0.404 bits per heavy atom. The van der Waals surface area contributed by atoms with Crippen LogP contribution in [0.2, 0.25) is 0 Å². The standard InChI is InChI=1S/C48H33N3O/c1-48(2)40-25-12-11-20-35(40)37-24-13-23-36(44(37)48)34-19-9-10-21-38(34)47-50-45(31-17-7-4-8-18-31)49-46(51-47)32-27-28-39-42(29-32)52-41-26-14-22-33(43(39)41)30-15-5-3-6-16-30/h3-29H,1-2H3. The highest BCUT2D eigenvalue weighted by atomic mass is 16.3. The summed E-state index contributed by atoms with van der Waals surface area (Å²) >= 11 is 0. The van der Waals surface area contributed by atoms with Gasteiger partial charge in [0.05, 0.1) is 0 Å². The first-order valence-electron chi connectivity index (χ1n) is 17.7. The molecule has 0 unspecified atom stereocenters. The first-order chi connectivity index (χ1) is 25.5. The van der Waals surface area contributed by atoms with Crippen molar-refractivity contribution in [1.29, 1.82) is 0 Å². The van der Waals surface area contributed by atoms with Crippen molar-refractivity contribution in [2.45, 2.75) is 19.3 Å². The van der Waals surface area contributed by atoms with E-state index in [1.165, 1.54) is 27.8 Å². The smallest absolute Gasteiger partial charge is 0.164 e. The summed E-state index contributed by atoms with van der Waals surface area (Å²) in [4.78, 5) is 15.4. The second kappa shape index (κ2) is 11.7. The zero-order valence-electron chi connectivity index (χ0n) is 28.8. The minimum Gasteiger partial charge on any atom is -0.456 e. The van der Waals surface area contributed by atoms with Crippen LogP contribution in [0.1, 0.15) is 25.0 Å². The lowest BCUT2D eigenvalue weighted by molar-refractivity contribution is 0.662. The van der Waals surface area contributed by atoms with Crippen molar-refractivity contribution in [3.8, 4) is 67.5 Å². The van der Waals surface area contributed by atoms with Crippen molar-refractivity contribution >= 4 is 21.9 Å². The topological polar surface area (TPSA) is 51.8 Å². The second-order valence-corrected chi connectivity index (χ2v) is 14.0. The van der Waals surface area contributed by atoms with Crippen molar-refractivity contribution < 1.29 is 4.42 Å². The molecule has 10 rings (SSSR count). The average Bonchev–Trinajstić information content (AvgIpc) is 3.70. The quantitative estimate of drug-likeness (QED) is 0.183. The molecule has 0 atom stereocenters. The van der Waals surface area contributed by atoms with Crippen molar-refractivity contribution in [2.24, 2.45) is 0 Å². The van der Waals surface area contributed by atoms with Crippen molar-refractivity contribution in [1.82, 2.24) is 15.0 Å². The van der Waals surface area contributed by atoms with E-state index in [9.17, 15) is 0 Å². The number of nitrogens with zero attached hydrogens (tertiary/aromatic N) is 3. The highest BCUT2D eigenvalue weighted by Crippen LogP contribution is 2.53. The number of hydrogen-bond donors (Lipinski definition) is 0. The van der Waals surface area contributed by atoms with Gasteiger partial charge in [0, 0.05) is 32.9 Å². The normalized spacial score (nSPS) is 13.0. The highest BCUT2D eigenvalue weighted by Gasteiger charge is 2.37. The molecule has 4 heteroatoms. The number of hydrogen-bond acceptors (Lipinski definition) is 4. The Morgan fingerprint density at radius 3 is 1.73 bits per heavy atom. The summed E-state index contributed by atoms with van der Waals surface area (Å²) in [6.07, 6.45) is 0. The Balaban J connectivity index is 1.16. The Hall–Kier alpha value is -6.65. The van der Waals surface area contributed by atoms with Gasteiger partial charge in [-0.2, -0.15) is 0 Å². The van der Waals surface area contributed by atoms with Crippen LogP contribution in [-0.4, -0.2) is 15.0 Å². The third-order valence-electron chi connectivity index (χ3n) is 10.5. The van der Waals surface area contributed by atoms with E-state index >= 15 is 0 Å². The Kier molecular flexibility index (Phi) is 6.80. The molecule has 9 aromatic rings. The molecule has 2 heterocycles. The lowest BCUT2D eigenvalue weighted by Crippen LogP contribution is -2.16. The summed E-state index contributed by atoms with van der Waals surface area (Å²) in [7, 11) is 0. The second-order valence-electron chi connectivity index (χ2n) is 14.0. The molecule has 0 N–H and O–H groups in total. The third kappa shape index (κ3) is 4.72. The van der Waals surface area contributed by atoms with Gasteiger partial charge < -0.3 is 4.42 Å². The third-order valence-corrected chi connectivity index (χ3v) is 10.5. The van der Waals surface area contributed by atoms with Crippen molar-refractivity contribution in [2.75, 3.05) is 0 Å². The van der Waals surface area contributed by atoms with E-state index in [2.05, 4.69) is 135 Å². The fourth-order valence-corrected chi connectivity index (χ4v) is 8.15. The number of rotatable bonds is 5. The molecule has 246 valence electrons. The predicted molar refractivity (Wildman–Crippen MR) is 212 cm³/mol. The molecule has 0 radical (unpaired) electrons. The van der Waals surface area contributed by atoms with Gasteiger partial charge in [0.25, 0.3) is 0 Å². The molecule has 0 amide bonds. The molecule has 4 nitrogen and oxygen atoms in total. The van der Waals surface area contributed by atoms with Crippen LogP contribution in [0.3, 0.4) is 0 Å². The van der Waals surface area contributed by atoms with Gasteiger partial charge in [0.15, 0.2) is 17.5 Å². The summed E-state index contributed by atoms with van der Waals surface area (Å²) in [6.45, 7) is 4.66. The maximum absolute atomic E-state index is 6.50. The van der Waals surface area contributed by atoms with Gasteiger partial charge in [0.1, 0.15) is 11.2 Å². The van der Waals surface area contributed by atoms with Crippen LogP contribution in [0.15, 0.2) is 168 Å². The first-order valence-corrected chi connectivity index (χ1v) is 17.7. The molecular weight excluding hydrogens is 635 g/mol. The van der Waals surface area contributed by atoms with E-state index in [-0.39, 0.29) is 5.41 Å². The van der Waals surface area contributed by atoms with Crippen LogP contribution in [0.4, 0.5) is 0 Å². The van der Waals surface area contributed by atoms with Crippen molar-refractivity contribution in [3.05, 3.63) is 175 Å². The zero-order valence-corrected chi connectivity index (χ0v) is 28.8. The molecule has 0 saturated carbocycles. The van der Waals surface area contributed by atoms with Gasteiger partial charge >= 0.3 is 0 Å². The van der Waals surface area contributed by atoms with E-state index in [1.807, 2.05) is 42.5 Å². The van der Waals surface area contributed by atoms with Gasteiger partial charge in [-0.1, -0.05) is 159 Å². The van der Waals surface area contributed by atoms with Crippen LogP contribution in [-0.2, 0) is 5.41 Å². The predicted octanol–water partition coefficient (Wildman–Crippen LogP) is 12.4. The van der Waals surface area contributed by atoms with E-state index in [0.29, 0.717) is 17.5 Å². The van der Waals surface area contributed by atoms with Gasteiger partial charge in [-0.3, -0.25) is 0 Å². The highest BCUT2D eigenvalue weighted by molar-refractivity contribution is 6.13. The van der Waals surface area contributed by atoms with E-state index < -0.39 is 0 Å². The van der Waals surface area contributed by atoms with Crippen LogP contribution in [0, 0.1) is 0 Å². The van der Waals surface area contributed by atoms with Crippen LogP contribution < -0.4 is 0 Å². The lowest BCUT2D eigenvalue weighted by atomic mass is 9.78. The fraction of sp³-hybridized carbons (Fsp3) is 0.0625. The molecule has 2 aromatic heterocycles. The minimum atomic E-state index is -0.169. The number of benzene rings is 7. The number of aromatic nitrogens is 3. The Morgan fingerprint density at radius 2 is 0.962 bits per heavy atom. The van der Waals surface area contributed by atoms with E-state index in [4.69, 9.17) is 19.4 Å². The summed E-state index contributed by atoms with van der Waals surface area (Å²) < 4.78 is 6.50. The fourth-order valence-electron chi connectivity index (χ4n) is 8.15. The van der Waals surface area contributed by atoms with Crippen LogP contribution >= 0.6 is 0 Å². The van der Waals surface area contributed by atoms with Gasteiger partial charge in [-0.25, -0.2) is 15.0 Å². The van der Waals surface area contributed by atoms with Gasteiger partial charge in [-0.05, 0) is 62.7 Å². The molecular formula is C48H33N3O. The molecule has 0 fully saturated rings. The maximum atomic E-state index is 6.50. The molecule has 0 spiro atoms. The molecule has 52 heavy (non-hydrogen) atoms. The largest absolute Gasteiger partial charge is 0.456 e. The van der Waals surface area contributed by atoms with Crippen LogP contribution in [0.5, 0.6) is 0 Å². The van der Waals surface area contributed by atoms with Crippen molar-refractivity contribution in [3.63, 3.8) is 0 Å². The lowest BCUT2D eigenvalue weighted by Gasteiger charge is -2.25. The van der Waals surface area contributed by atoms with Gasteiger partial charge in [-0.15, -0.1) is 0 Å². The Bertz CT molecular complexity index is 2820. The molecule has 0 aliphatic heterocycles. The monoisotopic (exact) mass is 667 g/mol. The van der Waals surface area contributed by atoms with Gasteiger partial charge in [0.2, 0.25) is 0 Å². The number of fused-ring (bicyclic) bond motifs is 6. The molecule has 0 saturated heterocycles. The average molecular weight is 668 g/mol. The molecule has 1 aliphatic rings. The van der Waals surface area contributed by atoms with Crippen LogP contribution in [0.25, 0.3) is 89.5 Å². The zero-order chi connectivity index (χ0) is 34.8. The van der Waals surface area contributed by atoms with E-state index in [1.54, 1.807) is 0 Å². The molecule has 1 aliphatic carbocycles. The summed E-state index contributed by atoms with van der Waals surface area (Å²) in [6, 6.07) is 57.1. The summed E-state index contributed by atoms with van der Waals surface area (Å²) in [5.74, 6) is 1.84. The first kappa shape index (κ1) is 30.2. The minimum absolute atomic E-state index is 0.169. The Labute approximate surface area is 302 Å². The SMILES string of the molecule is CC1(C)c2ccccc2-c2cccc(-c3ccccc3-c3nc(-c4ccccc4)nc(-c4ccc5c(c4)oc4cccc(-c6ccccc6)c45)n3)c21.